The minimum absolute atomic E-state index is 0.0998. The lowest BCUT2D eigenvalue weighted by Crippen LogP contribution is -2.35. The minimum atomic E-state index is -3.95. The molecule has 2 aromatic rings. The first-order valence-corrected chi connectivity index (χ1v) is 8.74. The van der Waals surface area contributed by atoms with Gasteiger partial charge in [-0.3, -0.25) is 4.79 Å². The van der Waals surface area contributed by atoms with Crippen molar-refractivity contribution < 1.29 is 13.2 Å². The van der Waals surface area contributed by atoms with E-state index in [0.29, 0.717) is 0 Å². The summed E-state index contributed by atoms with van der Waals surface area (Å²) < 4.78 is 27.1. The van der Waals surface area contributed by atoms with Crippen molar-refractivity contribution >= 4 is 67.6 Å². The number of imidazole rings is 1. The van der Waals surface area contributed by atoms with Gasteiger partial charge in [-0.2, -0.15) is 12.7 Å². The summed E-state index contributed by atoms with van der Waals surface area (Å²) in [6.07, 6.45) is 0. The van der Waals surface area contributed by atoms with Crippen LogP contribution < -0.4 is 5.32 Å². The van der Waals surface area contributed by atoms with Crippen molar-refractivity contribution in [3.63, 3.8) is 0 Å². The van der Waals surface area contributed by atoms with Crippen LogP contribution in [0, 0.1) is 0 Å². The lowest BCUT2D eigenvalue weighted by molar-refractivity contribution is -0.117. The van der Waals surface area contributed by atoms with Gasteiger partial charge in [0.15, 0.2) is 5.82 Å². The van der Waals surface area contributed by atoms with Crippen molar-refractivity contribution in [3.05, 3.63) is 28.0 Å². The largest absolute Gasteiger partial charge is 0.314 e. The van der Waals surface area contributed by atoms with Crippen LogP contribution in [0.3, 0.4) is 0 Å². The number of carbonyl (C=O) groups is 1. The lowest BCUT2D eigenvalue weighted by atomic mass is 10.3. The molecule has 1 N–H and O–H groups in total. The summed E-state index contributed by atoms with van der Waals surface area (Å²) in [5.74, 6) is -0.538. The molecule has 1 amide bonds. The Morgan fingerprint density at radius 1 is 1.30 bits per heavy atom. The van der Waals surface area contributed by atoms with Crippen LogP contribution >= 0.6 is 35.4 Å². The fourth-order valence-electron chi connectivity index (χ4n) is 1.81. The normalized spacial score (nSPS) is 11.9. The fourth-order valence-corrected chi connectivity index (χ4v) is 3.53. The van der Waals surface area contributed by atoms with E-state index in [1.54, 1.807) is 0 Å². The van der Waals surface area contributed by atoms with E-state index in [1.165, 1.54) is 33.2 Å². The molecule has 1 heterocycles. The smallest absolute Gasteiger partial charge is 0.309 e. The van der Waals surface area contributed by atoms with Crippen LogP contribution in [0.1, 0.15) is 12.7 Å². The Morgan fingerprint density at radius 3 is 2.39 bits per heavy atom. The third-order valence-electron chi connectivity index (χ3n) is 2.84. The highest BCUT2D eigenvalue weighted by molar-refractivity contribution is 7.88. The number of thiocarbonyl (C=S) groups is 1. The molecule has 0 saturated carbocycles. The maximum absolute atomic E-state index is 12.6. The van der Waals surface area contributed by atoms with Crippen molar-refractivity contribution in [3.8, 4) is 0 Å². The molecule has 0 spiro atoms. The van der Waals surface area contributed by atoms with Gasteiger partial charge in [0.2, 0.25) is 5.91 Å². The average molecular weight is 395 g/mol. The second kappa shape index (κ2) is 6.33. The zero-order chi connectivity index (χ0) is 17.5. The molecule has 0 radical (unpaired) electrons. The molecule has 2 rings (SSSR count). The van der Waals surface area contributed by atoms with Gasteiger partial charge >= 0.3 is 10.2 Å². The number of aromatic nitrogens is 2. The number of nitrogens with zero attached hydrogens (tertiary/aromatic N) is 3. The van der Waals surface area contributed by atoms with E-state index in [1.807, 2.05) is 0 Å². The van der Waals surface area contributed by atoms with E-state index in [-0.39, 0.29) is 31.9 Å². The third-order valence-corrected chi connectivity index (χ3v) is 5.60. The monoisotopic (exact) mass is 394 g/mol. The predicted molar refractivity (Wildman–Crippen MR) is 93.3 cm³/mol. The van der Waals surface area contributed by atoms with Gasteiger partial charge in [-0.1, -0.05) is 35.4 Å². The number of halogens is 2. The molecule has 0 aliphatic heterocycles. The summed E-state index contributed by atoms with van der Waals surface area (Å²) >= 11 is 17.0. The molecule has 0 atom stereocenters. The molecule has 1 aromatic carbocycles. The lowest BCUT2D eigenvalue weighted by Gasteiger charge is -2.15. The van der Waals surface area contributed by atoms with Crippen LogP contribution in [0.25, 0.3) is 11.0 Å². The molecular weight excluding hydrogens is 383 g/mol. The number of fused-ring (bicyclic) bond motifs is 1. The topological polar surface area (TPSA) is 84.3 Å². The molecule has 0 bridgehead atoms. The van der Waals surface area contributed by atoms with Crippen LogP contribution in [-0.4, -0.2) is 46.7 Å². The van der Waals surface area contributed by atoms with Crippen LogP contribution in [0.5, 0.6) is 0 Å². The van der Waals surface area contributed by atoms with Gasteiger partial charge in [0.1, 0.15) is 4.99 Å². The van der Waals surface area contributed by atoms with Crippen LogP contribution in [-0.2, 0) is 15.0 Å². The Kier molecular flexibility index (Phi) is 4.97. The van der Waals surface area contributed by atoms with Crippen molar-refractivity contribution in [2.24, 2.45) is 0 Å². The number of amides is 1. The van der Waals surface area contributed by atoms with Crippen molar-refractivity contribution in [1.82, 2.24) is 18.6 Å². The summed E-state index contributed by atoms with van der Waals surface area (Å²) in [4.78, 5) is 15.3. The maximum Gasteiger partial charge on any atom is 0.309 e. The second-order valence-electron chi connectivity index (χ2n) is 4.76. The molecular formula is C12H12Cl2N4O3S2. The first-order chi connectivity index (χ1) is 10.6. The molecule has 124 valence electrons. The summed E-state index contributed by atoms with van der Waals surface area (Å²) in [5.41, 5.74) is 0.489. The first-order valence-electron chi connectivity index (χ1n) is 6.18. The van der Waals surface area contributed by atoms with Crippen LogP contribution in [0.15, 0.2) is 12.1 Å². The predicted octanol–water partition coefficient (Wildman–Crippen LogP) is 1.81. The van der Waals surface area contributed by atoms with Gasteiger partial charge in [-0.15, -0.1) is 0 Å². The Morgan fingerprint density at radius 2 is 1.87 bits per heavy atom. The molecule has 0 aliphatic carbocycles. The Labute approximate surface area is 148 Å². The molecule has 1 aromatic heterocycles. The molecule has 23 heavy (non-hydrogen) atoms. The maximum atomic E-state index is 12.6. The molecule has 0 aliphatic rings. The van der Waals surface area contributed by atoms with E-state index in [2.05, 4.69) is 10.3 Å². The number of hydrogen-bond acceptors (Lipinski definition) is 5. The van der Waals surface area contributed by atoms with Gasteiger partial charge in [-0.05, 0) is 12.1 Å². The molecule has 7 nitrogen and oxygen atoms in total. The Hall–Kier alpha value is -1.26. The summed E-state index contributed by atoms with van der Waals surface area (Å²) in [6.45, 7) is 1.26. The first kappa shape index (κ1) is 18.1. The van der Waals surface area contributed by atoms with E-state index >= 15 is 0 Å². The third kappa shape index (κ3) is 3.33. The summed E-state index contributed by atoms with van der Waals surface area (Å²) in [5, 5.41) is 2.76. The minimum Gasteiger partial charge on any atom is -0.314 e. The molecule has 0 fully saturated rings. The van der Waals surface area contributed by atoms with Gasteiger partial charge < -0.3 is 5.32 Å². The quantitative estimate of drug-likeness (QED) is 0.802. The van der Waals surface area contributed by atoms with Gasteiger partial charge in [0.05, 0.1) is 21.1 Å². The average Bonchev–Trinajstić information content (AvgIpc) is 2.77. The van der Waals surface area contributed by atoms with E-state index in [9.17, 15) is 13.2 Å². The van der Waals surface area contributed by atoms with Crippen molar-refractivity contribution in [1.29, 1.82) is 0 Å². The van der Waals surface area contributed by atoms with Crippen LogP contribution in [0.4, 0.5) is 0 Å². The highest BCUT2D eigenvalue weighted by atomic mass is 35.5. The van der Waals surface area contributed by atoms with Gasteiger partial charge in [0.25, 0.3) is 0 Å². The Bertz CT molecular complexity index is 922. The molecule has 11 heteroatoms. The number of rotatable bonds is 3. The summed E-state index contributed by atoms with van der Waals surface area (Å²) in [7, 11) is -1.22. The Balaban J connectivity index is 2.86. The van der Waals surface area contributed by atoms with E-state index < -0.39 is 16.1 Å². The number of nitrogens with one attached hydrogen (secondary N) is 1. The highest BCUT2D eigenvalue weighted by Gasteiger charge is 2.27. The number of benzene rings is 1. The molecule has 0 unspecified atom stereocenters. The zero-order valence-corrected chi connectivity index (χ0v) is 15.4. The standard InChI is InChI=1S/C12H12Cl2N4O3S2/c1-6(19)15-12(22)11-16-9-4-7(13)8(14)5-10(9)18(11)23(20,21)17(2)3/h4-5H,1-3H3,(H,15,19,22). The number of carbonyl (C=O) groups excluding carboxylic acids is 1. The fraction of sp³-hybridized carbons (Fsp3) is 0.250. The highest BCUT2D eigenvalue weighted by Crippen LogP contribution is 2.29. The van der Waals surface area contributed by atoms with Crippen molar-refractivity contribution in [2.45, 2.75) is 6.92 Å². The van der Waals surface area contributed by atoms with Gasteiger partial charge in [0, 0.05) is 21.0 Å². The molecule has 0 saturated heterocycles. The second-order valence-corrected chi connectivity index (χ2v) is 7.97. The van der Waals surface area contributed by atoms with E-state index in [0.717, 1.165) is 8.28 Å². The van der Waals surface area contributed by atoms with Crippen molar-refractivity contribution in [2.75, 3.05) is 14.1 Å². The summed E-state index contributed by atoms with van der Waals surface area (Å²) in [6, 6.07) is 2.81. The zero-order valence-electron chi connectivity index (χ0n) is 12.3. The van der Waals surface area contributed by atoms with Gasteiger partial charge in [-0.25, -0.2) is 8.96 Å². The van der Waals surface area contributed by atoms with Crippen LogP contribution in [0.2, 0.25) is 10.0 Å². The number of hydrogen-bond donors (Lipinski definition) is 1. The SMILES string of the molecule is CC(=O)NC(=S)c1nc2cc(Cl)c(Cl)cc2n1S(=O)(=O)N(C)C. The van der Waals surface area contributed by atoms with E-state index in [4.69, 9.17) is 35.4 Å².